The minimum atomic E-state index is -0.113. The number of hydrogen-bond acceptors (Lipinski definition) is 5. The van der Waals surface area contributed by atoms with E-state index < -0.39 is 0 Å². The minimum Gasteiger partial charge on any atom is -0.507 e. The van der Waals surface area contributed by atoms with Gasteiger partial charge in [0.15, 0.2) is 5.17 Å². The van der Waals surface area contributed by atoms with E-state index >= 15 is 0 Å². The van der Waals surface area contributed by atoms with Crippen molar-refractivity contribution in [2.24, 2.45) is 10.2 Å². The highest BCUT2D eigenvalue weighted by molar-refractivity contribution is 8.18. The lowest BCUT2D eigenvalue weighted by Crippen LogP contribution is -2.37. The molecule has 1 aliphatic heterocycles. The molecule has 0 radical (unpaired) electrons. The van der Waals surface area contributed by atoms with Gasteiger partial charge in [-0.3, -0.25) is 9.69 Å². The van der Waals surface area contributed by atoms with Crippen LogP contribution in [0.15, 0.2) is 81.9 Å². The van der Waals surface area contributed by atoms with Crippen LogP contribution in [-0.2, 0) is 4.79 Å². The average Bonchev–Trinajstić information content (AvgIpc) is 3.33. The van der Waals surface area contributed by atoms with Crippen LogP contribution in [0.3, 0.4) is 0 Å². The number of para-hydroxylation sites is 1. The maximum atomic E-state index is 13.0. The first kappa shape index (κ1) is 18.3. The van der Waals surface area contributed by atoms with Crippen molar-refractivity contribution < 1.29 is 9.90 Å². The fraction of sp³-hybridized carbons (Fsp3) is 0.136. The lowest BCUT2D eigenvalue weighted by Gasteiger charge is -2.20. The zero-order valence-electron chi connectivity index (χ0n) is 15.1. The first-order valence-corrected chi connectivity index (χ1v) is 9.88. The summed E-state index contributed by atoms with van der Waals surface area (Å²) in [6, 6.07) is 16.6. The van der Waals surface area contributed by atoms with Crippen molar-refractivity contribution in [2.75, 3.05) is 0 Å². The molecule has 0 saturated carbocycles. The molecule has 2 aromatic carbocycles. The number of carbonyl (C=O) groups is 1. The number of hydrogen-bond donors (Lipinski definition) is 1. The van der Waals surface area contributed by atoms with Gasteiger partial charge in [0.1, 0.15) is 5.75 Å². The van der Waals surface area contributed by atoms with E-state index in [0.717, 1.165) is 18.4 Å². The number of amidine groups is 1. The van der Waals surface area contributed by atoms with Gasteiger partial charge in [-0.05, 0) is 42.3 Å². The van der Waals surface area contributed by atoms with Gasteiger partial charge in [0.25, 0.3) is 5.91 Å². The van der Waals surface area contributed by atoms with Crippen molar-refractivity contribution in [1.82, 2.24) is 4.90 Å². The molecule has 1 saturated heterocycles. The summed E-state index contributed by atoms with van der Waals surface area (Å²) in [4.78, 5) is 15.3. The SMILES string of the molecule is O=C1/C(=C\c2ccccc2O)S/C(=N/N=C\c2ccccc2)N1[C@H]1C=CCC1. The molecule has 2 aliphatic rings. The van der Waals surface area contributed by atoms with Gasteiger partial charge in [-0.2, -0.15) is 5.10 Å². The van der Waals surface area contributed by atoms with E-state index in [1.165, 1.54) is 11.8 Å². The van der Waals surface area contributed by atoms with E-state index in [1.807, 2.05) is 42.5 Å². The highest BCUT2D eigenvalue weighted by Crippen LogP contribution is 2.37. The van der Waals surface area contributed by atoms with Gasteiger partial charge in [-0.25, -0.2) is 0 Å². The number of allylic oxidation sites excluding steroid dienone is 1. The van der Waals surface area contributed by atoms with Crippen molar-refractivity contribution in [3.05, 3.63) is 82.8 Å². The van der Waals surface area contributed by atoms with Gasteiger partial charge < -0.3 is 5.11 Å². The van der Waals surface area contributed by atoms with Gasteiger partial charge in [0.05, 0.1) is 17.2 Å². The number of rotatable bonds is 4. The Labute approximate surface area is 167 Å². The van der Waals surface area contributed by atoms with Crippen molar-refractivity contribution in [3.8, 4) is 5.75 Å². The summed E-state index contributed by atoms with van der Waals surface area (Å²) in [5.74, 6) is 0.0293. The standard InChI is InChI=1S/C22H19N3O2S/c26-19-13-7-4-10-17(19)14-20-21(27)25(18-11-5-6-12-18)22(28-20)24-23-15-16-8-2-1-3-9-16/h1-5,7-11,13-15,18,26H,6,12H2/b20-14+,23-15-,24-22+/t18-/m0/s1. The van der Waals surface area contributed by atoms with Crippen molar-refractivity contribution in [2.45, 2.75) is 18.9 Å². The number of amides is 1. The summed E-state index contributed by atoms with van der Waals surface area (Å²) in [5.41, 5.74) is 1.55. The molecule has 28 heavy (non-hydrogen) atoms. The topological polar surface area (TPSA) is 65.3 Å². The molecule has 2 aromatic rings. The highest BCUT2D eigenvalue weighted by Gasteiger charge is 2.38. The quantitative estimate of drug-likeness (QED) is 0.364. The lowest BCUT2D eigenvalue weighted by molar-refractivity contribution is -0.123. The molecule has 0 unspecified atom stereocenters. The predicted octanol–water partition coefficient (Wildman–Crippen LogP) is 4.42. The number of nitrogens with zero attached hydrogens (tertiary/aromatic N) is 3. The largest absolute Gasteiger partial charge is 0.507 e. The third-order valence-electron chi connectivity index (χ3n) is 4.53. The van der Waals surface area contributed by atoms with Gasteiger partial charge in [0, 0.05) is 5.56 Å². The average molecular weight is 389 g/mol. The van der Waals surface area contributed by atoms with Gasteiger partial charge >= 0.3 is 0 Å². The molecule has 1 N–H and O–H groups in total. The summed E-state index contributed by atoms with van der Waals surface area (Å²) in [7, 11) is 0. The van der Waals surface area contributed by atoms with E-state index in [4.69, 9.17) is 0 Å². The third-order valence-corrected chi connectivity index (χ3v) is 5.50. The number of carbonyl (C=O) groups excluding carboxylic acids is 1. The second-order valence-electron chi connectivity index (χ2n) is 6.46. The molecule has 1 aliphatic carbocycles. The molecule has 4 rings (SSSR count). The zero-order valence-corrected chi connectivity index (χ0v) is 15.9. The van der Waals surface area contributed by atoms with Gasteiger partial charge in [-0.15, -0.1) is 5.10 Å². The third kappa shape index (κ3) is 3.92. The van der Waals surface area contributed by atoms with Crippen molar-refractivity contribution in [3.63, 3.8) is 0 Å². The van der Waals surface area contributed by atoms with Crippen LogP contribution in [0, 0.1) is 0 Å². The molecular weight excluding hydrogens is 370 g/mol. The smallest absolute Gasteiger partial charge is 0.267 e. The predicted molar refractivity (Wildman–Crippen MR) is 114 cm³/mol. The van der Waals surface area contributed by atoms with Crippen LogP contribution in [0.5, 0.6) is 5.75 Å². The molecule has 1 fully saturated rings. The second kappa shape index (κ2) is 8.27. The van der Waals surface area contributed by atoms with Gasteiger partial charge in [-0.1, -0.05) is 60.7 Å². The molecule has 1 amide bonds. The van der Waals surface area contributed by atoms with E-state index in [-0.39, 0.29) is 17.7 Å². The fourth-order valence-electron chi connectivity index (χ4n) is 3.12. The number of benzene rings is 2. The van der Waals surface area contributed by atoms with Crippen LogP contribution in [-0.4, -0.2) is 33.3 Å². The molecule has 140 valence electrons. The first-order chi connectivity index (χ1) is 13.7. The molecule has 0 aromatic heterocycles. The van der Waals surface area contributed by atoms with Crippen LogP contribution in [0.2, 0.25) is 0 Å². The molecule has 0 spiro atoms. The number of aromatic hydroxyl groups is 1. The Kier molecular flexibility index (Phi) is 5.39. The van der Waals surface area contributed by atoms with E-state index in [1.54, 1.807) is 35.4 Å². The Morgan fingerprint density at radius 1 is 1.11 bits per heavy atom. The summed E-state index contributed by atoms with van der Waals surface area (Å²) in [6.45, 7) is 0. The summed E-state index contributed by atoms with van der Waals surface area (Å²) in [6.07, 6.45) is 9.31. The lowest BCUT2D eigenvalue weighted by atomic mass is 10.1. The van der Waals surface area contributed by atoms with Crippen LogP contribution in [0.4, 0.5) is 0 Å². The fourth-order valence-corrected chi connectivity index (χ4v) is 4.09. The highest BCUT2D eigenvalue weighted by atomic mass is 32.2. The monoisotopic (exact) mass is 389 g/mol. The molecule has 1 atom stereocenters. The van der Waals surface area contributed by atoms with Gasteiger partial charge in [0.2, 0.25) is 0 Å². The van der Waals surface area contributed by atoms with Crippen LogP contribution >= 0.6 is 11.8 Å². The second-order valence-corrected chi connectivity index (χ2v) is 7.46. The Balaban J connectivity index is 1.64. The minimum absolute atomic E-state index is 0.0130. The van der Waals surface area contributed by atoms with Crippen LogP contribution < -0.4 is 0 Å². The number of phenols is 1. The Morgan fingerprint density at radius 2 is 1.89 bits per heavy atom. The van der Waals surface area contributed by atoms with Crippen LogP contribution in [0.1, 0.15) is 24.0 Å². The maximum absolute atomic E-state index is 13.0. The van der Waals surface area contributed by atoms with E-state index in [9.17, 15) is 9.90 Å². The Hall–Kier alpha value is -3.12. The first-order valence-electron chi connectivity index (χ1n) is 9.06. The Bertz CT molecular complexity index is 996. The summed E-state index contributed by atoms with van der Waals surface area (Å²) in [5, 5.41) is 19.1. The molecule has 1 heterocycles. The van der Waals surface area contributed by atoms with E-state index in [0.29, 0.717) is 15.6 Å². The van der Waals surface area contributed by atoms with Crippen LogP contribution in [0.25, 0.3) is 6.08 Å². The number of thioether (sulfide) groups is 1. The molecule has 6 heteroatoms. The molecular formula is C22H19N3O2S. The van der Waals surface area contributed by atoms with E-state index in [2.05, 4.69) is 16.3 Å². The summed E-state index contributed by atoms with van der Waals surface area (Å²) < 4.78 is 0. The maximum Gasteiger partial charge on any atom is 0.267 e. The zero-order chi connectivity index (χ0) is 19.3. The normalized spacial score (nSPS) is 22.2. The molecule has 5 nitrogen and oxygen atoms in total. The number of phenolic OH excluding ortho intramolecular Hbond substituents is 1. The van der Waals surface area contributed by atoms with Crippen molar-refractivity contribution >= 4 is 35.1 Å². The molecule has 0 bridgehead atoms. The van der Waals surface area contributed by atoms with Crippen molar-refractivity contribution in [1.29, 1.82) is 0 Å². The Morgan fingerprint density at radius 3 is 2.64 bits per heavy atom. The summed E-state index contributed by atoms with van der Waals surface area (Å²) >= 11 is 1.28.